The van der Waals surface area contributed by atoms with E-state index >= 15 is 0 Å². The number of carbonyl (C=O) groups is 2. The van der Waals surface area contributed by atoms with Crippen LogP contribution in [0.15, 0.2) is 0 Å². The molecule has 0 spiro atoms. The maximum atomic E-state index is 12.1. The van der Waals surface area contributed by atoms with Gasteiger partial charge in [-0.3, -0.25) is 9.59 Å². The van der Waals surface area contributed by atoms with E-state index in [4.69, 9.17) is 5.11 Å². The molecule has 1 amide bonds. The Balaban J connectivity index is 2.71. The van der Waals surface area contributed by atoms with Gasteiger partial charge in [0, 0.05) is 11.5 Å². The Kier molecular flexibility index (Phi) is 3.37. The second-order valence-electron chi connectivity index (χ2n) is 4.80. The minimum atomic E-state index is -0.929. The molecule has 1 saturated carbocycles. The van der Waals surface area contributed by atoms with Gasteiger partial charge in [-0.25, -0.2) is 0 Å². The van der Waals surface area contributed by atoms with Gasteiger partial charge >= 0.3 is 5.97 Å². The van der Waals surface area contributed by atoms with Crippen LogP contribution < -0.4 is 0 Å². The third kappa shape index (κ3) is 2.94. The fraction of sp³-hybridized carbons (Fsp3) is 0.818. The summed E-state index contributed by atoms with van der Waals surface area (Å²) >= 11 is 0. The number of carboxylic acid groups (broad SMARTS) is 1. The third-order valence-corrected chi connectivity index (χ3v) is 3.02. The summed E-state index contributed by atoms with van der Waals surface area (Å²) in [7, 11) is 0. The summed E-state index contributed by atoms with van der Waals surface area (Å²) < 4.78 is 0. The Morgan fingerprint density at radius 3 is 2.27 bits per heavy atom. The summed E-state index contributed by atoms with van der Waals surface area (Å²) in [6.07, 6.45) is 2.62. The van der Waals surface area contributed by atoms with Gasteiger partial charge in [0.05, 0.1) is 0 Å². The topological polar surface area (TPSA) is 57.6 Å². The Hall–Kier alpha value is -1.06. The Bertz CT molecular complexity index is 269. The highest BCUT2D eigenvalue weighted by molar-refractivity contribution is 5.85. The number of amides is 1. The highest BCUT2D eigenvalue weighted by Gasteiger charge is 2.39. The summed E-state index contributed by atoms with van der Waals surface area (Å²) in [5.74, 6) is -0.961. The number of hydrogen-bond acceptors (Lipinski definition) is 2. The van der Waals surface area contributed by atoms with Gasteiger partial charge in [-0.05, 0) is 19.3 Å². The van der Waals surface area contributed by atoms with Crippen molar-refractivity contribution in [2.24, 2.45) is 5.41 Å². The van der Waals surface area contributed by atoms with Crippen LogP contribution in [0, 0.1) is 5.41 Å². The molecule has 1 fully saturated rings. The predicted molar refractivity (Wildman–Crippen MR) is 56.4 cm³/mol. The Morgan fingerprint density at radius 2 is 1.93 bits per heavy atom. The molecule has 0 bridgehead atoms. The second kappa shape index (κ2) is 4.21. The van der Waals surface area contributed by atoms with Gasteiger partial charge in [0.1, 0.15) is 6.54 Å². The first kappa shape index (κ1) is 12.0. The highest BCUT2D eigenvalue weighted by Crippen LogP contribution is 2.32. The van der Waals surface area contributed by atoms with Crippen LogP contribution in [0.2, 0.25) is 0 Å². The Morgan fingerprint density at radius 1 is 1.40 bits per heavy atom. The van der Waals surface area contributed by atoms with Crippen LogP contribution in [-0.2, 0) is 9.59 Å². The zero-order valence-corrected chi connectivity index (χ0v) is 9.62. The molecule has 0 radical (unpaired) electrons. The first-order chi connectivity index (χ1) is 6.88. The zero-order valence-electron chi connectivity index (χ0n) is 9.62. The van der Waals surface area contributed by atoms with Gasteiger partial charge in [-0.1, -0.05) is 20.8 Å². The molecular formula is C11H19NO3. The van der Waals surface area contributed by atoms with Crippen LogP contribution in [-0.4, -0.2) is 34.5 Å². The first-order valence-corrected chi connectivity index (χ1v) is 5.41. The van der Waals surface area contributed by atoms with Crippen molar-refractivity contribution in [2.75, 3.05) is 6.54 Å². The van der Waals surface area contributed by atoms with E-state index in [0.29, 0.717) is 0 Å². The number of hydrogen-bond donors (Lipinski definition) is 1. The Labute approximate surface area is 90.3 Å². The molecule has 0 unspecified atom stereocenters. The SMILES string of the molecule is CCC(C)(C)C(=O)N(CC(=O)O)C1CC1. The minimum absolute atomic E-state index is 0.0325. The van der Waals surface area contributed by atoms with Crippen molar-refractivity contribution in [1.82, 2.24) is 4.90 Å². The van der Waals surface area contributed by atoms with Crippen molar-refractivity contribution >= 4 is 11.9 Å². The molecule has 1 aliphatic rings. The van der Waals surface area contributed by atoms with Gasteiger partial charge in [0.25, 0.3) is 0 Å². The average molecular weight is 213 g/mol. The number of aliphatic carboxylic acids is 1. The van der Waals surface area contributed by atoms with E-state index in [2.05, 4.69) is 0 Å². The summed E-state index contributed by atoms with van der Waals surface area (Å²) in [6.45, 7) is 5.52. The average Bonchev–Trinajstić information content (AvgIpc) is 2.96. The van der Waals surface area contributed by atoms with Crippen LogP contribution in [0.3, 0.4) is 0 Å². The molecule has 0 aromatic carbocycles. The highest BCUT2D eigenvalue weighted by atomic mass is 16.4. The fourth-order valence-electron chi connectivity index (χ4n) is 1.44. The maximum absolute atomic E-state index is 12.1. The van der Waals surface area contributed by atoms with Gasteiger partial charge in [0.15, 0.2) is 0 Å². The number of carboxylic acids is 1. The largest absolute Gasteiger partial charge is 0.480 e. The van der Waals surface area contributed by atoms with Crippen LogP contribution in [0.4, 0.5) is 0 Å². The van der Waals surface area contributed by atoms with Gasteiger partial charge in [-0.15, -0.1) is 0 Å². The molecular weight excluding hydrogens is 194 g/mol. The molecule has 0 aliphatic heterocycles. The zero-order chi connectivity index (χ0) is 11.6. The normalized spacial score (nSPS) is 16.2. The minimum Gasteiger partial charge on any atom is -0.480 e. The van der Waals surface area contributed by atoms with Crippen molar-refractivity contribution in [3.8, 4) is 0 Å². The standard InChI is InChI=1S/C11H19NO3/c1-4-11(2,3)10(15)12(7-9(13)14)8-5-6-8/h8H,4-7H2,1-3H3,(H,13,14). The van der Waals surface area contributed by atoms with E-state index in [1.165, 1.54) is 4.90 Å². The molecule has 1 aliphatic carbocycles. The molecule has 0 atom stereocenters. The van der Waals surface area contributed by atoms with Crippen molar-refractivity contribution in [2.45, 2.75) is 46.1 Å². The molecule has 1 N–H and O–H groups in total. The molecule has 1 rings (SSSR count). The molecule has 15 heavy (non-hydrogen) atoms. The smallest absolute Gasteiger partial charge is 0.323 e. The van der Waals surface area contributed by atoms with Crippen molar-refractivity contribution < 1.29 is 14.7 Å². The van der Waals surface area contributed by atoms with E-state index in [0.717, 1.165) is 19.3 Å². The lowest BCUT2D eigenvalue weighted by Crippen LogP contribution is -2.44. The van der Waals surface area contributed by atoms with Crippen molar-refractivity contribution in [3.63, 3.8) is 0 Å². The van der Waals surface area contributed by atoms with E-state index in [1.54, 1.807) is 0 Å². The predicted octanol–water partition coefficient (Wildman–Crippen LogP) is 1.50. The molecule has 4 heteroatoms. The lowest BCUT2D eigenvalue weighted by molar-refractivity contribution is -0.149. The lowest BCUT2D eigenvalue weighted by Gasteiger charge is -2.30. The molecule has 86 valence electrons. The quantitative estimate of drug-likeness (QED) is 0.753. The number of nitrogens with zero attached hydrogens (tertiary/aromatic N) is 1. The summed E-state index contributed by atoms with van der Waals surface area (Å²) in [4.78, 5) is 24.3. The molecule has 0 aromatic heterocycles. The summed E-state index contributed by atoms with van der Waals surface area (Å²) in [5, 5.41) is 8.75. The van der Waals surface area contributed by atoms with Crippen molar-refractivity contribution in [1.29, 1.82) is 0 Å². The fourth-order valence-corrected chi connectivity index (χ4v) is 1.44. The summed E-state index contributed by atoms with van der Waals surface area (Å²) in [5.41, 5.74) is -0.446. The molecule has 0 aromatic rings. The van der Waals surface area contributed by atoms with Crippen LogP contribution in [0.1, 0.15) is 40.0 Å². The van der Waals surface area contributed by atoms with E-state index in [-0.39, 0.29) is 18.5 Å². The lowest BCUT2D eigenvalue weighted by atomic mass is 9.88. The van der Waals surface area contributed by atoms with Crippen LogP contribution in [0.25, 0.3) is 0 Å². The van der Waals surface area contributed by atoms with E-state index in [9.17, 15) is 9.59 Å². The monoisotopic (exact) mass is 213 g/mol. The van der Waals surface area contributed by atoms with Gasteiger partial charge < -0.3 is 10.0 Å². The third-order valence-electron chi connectivity index (χ3n) is 3.02. The van der Waals surface area contributed by atoms with Gasteiger partial charge in [0.2, 0.25) is 5.91 Å². The first-order valence-electron chi connectivity index (χ1n) is 5.41. The van der Waals surface area contributed by atoms with Crippen molar-refractivity contribution in [3.05, 3.63) is 0 Å². The van der Waals surface area contributed by atoms with Crippen LogP contribution in [0.5, 0.6) is 0 Å². The molecule has 4 nitrogen and oxygen atoms in total. The molecule has 0 saturated heterocycles. The van der Waals surface area contributed by atoms with E-state index in [1.807, 2.05) is 20.8 Å². The maximum Gasteiger partial charge on any atom is 0.323 e. The molecule has 0 heterocycles. The second-order valence-corrected chi connectivity index (χ2v) is 4.80. The number of rotatable bonds is 5. The van der Waals surface area contributed by atoms with Crippen LogP contribution >= 0.6 is 0 Å². The van der Waals surface area contributed by atoms with Gasteiger partial charge in [-0.2, -0.15) is 0 Å². The summed E-state index contributed by atoms with van der Waals surface area (Å²) in [6, 6.07) is 0.166. The number of carbonyl (C=O) groups excluding carboxylic acids is 1. The van der Waals surface area contributed by atoms with E-state index < -0.39 is 11.4 Å².